The van der Waals surface area contributed by atoms with Gasteiger partial charge in [-0.2, -0.15) is 0 Å². The summed E-state index contributed by atoms with van der Waals surface area (Å²) < 4.78 is 11.3. The van der Waals surface area contributed by atoms with Crippen molar-refractivity contribution in [2.24, 2.45) is 0 Å². The number of amides is 1. The van der Waals surface area contributed by atoms with E-state index in [1.807, 2.05) is 44.2 Å². The summed E-state index contributed by atoms with van der Waals surface area (Å²) in [4.78, 5) is 12.3. The van der Waals surface area contributed by atoms with E-state index in [1.165, 1.54) is 0 Å². The van der Waals surface area contributed by atoms with Crippen molar-refractivity contribution >= 4 is 34.8 Å². The number of anilines is 1. The SMILES string of the molecule is COc1cccc(/C=C2\C(=O)Nc3cc(Cl)ccc32)c1OC(C)C. The van der Waals surface area contributed by atoms with Gasteiger partial charge in [0.1, 0.15) is 0 Å². The minimum Gasteiger partial charge on any atom is -0.493 e. The fraction of sp³-hybridized carbons (Fsp3) is 0.211. The lowest BCUT2D eigenvalue weighted by atomic mass is 10.0. The van der Waals surface area contributed by atoms with Crippen LogP contribution in [0.25, 0.3) is 11.6 Å². The van der Waals surface area contributed by atoms with Crippen molar-refractivity contribution in [1.82, 2.24) is 0 Å². The number of methoxy groups -OCH3 is 1. The van der Waals surface area contributed by atoms with Crippen LogP contribution in [0.15, 0.2) is 36.4 Å². The van der Waals surface area contributed by atoms with E-state index in [9.17, 15) is 4.79 Å². The number of hydrogen-bond donors (Lipinski definition) is 1. The second-order valence-corrected chi connectivity index (χ2v) is 6.18. The normalized spacial score (nSPS) is 14.7. The molecule has 0 saturated heterocycles. The number of carbonyl (C=O) groups is 1. The smallest absolute Gasteiger partial charge is 0.256 e. The first-order chi connectivity index (χ1) is 11.5. The van der Waals surface area contributed by atoms with Crippen LogP contribution in [-0.2, 0) is 4.79 Å². The van der Waals surface area contributed by atoms with E-state index in [0.29, 0.717) is 27.8 Å². The Morgan fingerprint density at radius 3 is 2.71 bits per heavy atom. The number of benzene rings is 2. The second-order valence-electron chi connectivity index (χ2n) is 5.75. The largest absolute Gasteiger partial charge is 0.493 e. The first-order valence-electron chi connectivity index (χ1n) is 7.66. The highest BCUT2D eigenvalue weighted by Crippen LogP contribution is 2.38. The van der Waals surface area contributed by atoms with E-state index in [-0.39, 0.29) is 12.0 Å². The maximum atomic E-state index is 12.3. The summed E-state index contributed by atoms with van der Waals surface area (Å²) in [6.45, 7) is 3.89. The summed E-state index contributed by atoms with van der Waals surface area (Å²) >= 11 is 5.99. The van der Waals surface area contributed by atoms with Crippen LogP contribution in [-0.4, -0.2) is 19.1 Å². The molecule has 5 heteroatoms. The Balaban J connectivity index is 2.11. The number of carbonyl (C=O) groups excluding carboxylic acids is 1. The predicted octanol–water partition coefficient (Wildman–Crippen LogP) is 4.63. The van der Waals surface area contributed by atoms with Gasteiger partial charge >= 0.3 is 0 Å². The maximum absolute atomic E-state index is 12.3. The van der Waals surface area contributed by atoms with Gasteiger partial charge in [0.15, 0.2) is 11.5 Å². The number of hydrogen-bond acceptors (Lipinski definition) is 3. The fourth-order valence-corrected chi connectivity index (χ4v) is 2.81. The number of para-hydroxylation sites is 1. The molecular formula is C19H18ClNO3. The Labute approximate surface area is 146 Å². The molecule has 0 aromatic heterocycles. The Hall–Kier alpha value is -2.46. The van der Waals surface area contributed by atoms with Gasteiger partial charge in [0, 0.05) is 21.7 Å². The topological polar surface area (TPSA) is 47.6 Å². The predicted molar refractivity (Wildman–Crippen MR) is 96.7 cm³/mol. The minimum atomic E-state index is -0.161. The quantitative estimate of drug-likeness (QED) is 0.823. The van der Waals surface area contributed by atoms with Crippen LogP contribution in [0, 0.1) is 0 Å². The highest BCUT2D eigenvalue weighted by Gasteiger charge is 2.25. The van der Waals surface area contributed by atoms with Crippen molar-refractivity contribution in [2.75, 3.05) is 12.4 Å². The molecule has 2 aromatic rings. The van der Waals surface area contributed by atoms with Gasteiger partial charge in [0.2, 0.25) is 0 Å². The number of fused-ring (bicyclic) bond motifs is 1. The average molecular weight is 344 g/mol. The standard InChI is InChI=1S/C19H18ClNO3/c1-11(2)24-18-12(5-4-6-17(18)23-3)9-15-14-8-7-13(20)10-16(14)21-19(15)22/h4-11H,1-3H3,(H,21,22)/b15-9-. The van der Waals surface area contributed by atoms with E-state index in [0.717, 1.165) is 11.1 Å². The van der Waals surface area contributed by atoms with Crippen molar-refractivity contribution in [2.45, 2.75) is 20.0 Å². The molecule has 1 heterocycles. The van der Waals surface area contributed by atoms with Gasteiger partial charge in [-0.05, 0) is 38.1 Å². The summed E-state index contributed by atoms with van der Waals surface area (Å²) in [6.07, 6.45) is 1.80. The molecular weight excluding hydrogens is 326 g/mol. The molecule has 4 nitrogen and oxygen atoms in total. The van der Waals surface area contributed by atoms with Gasteiger partial charge in [0.25, 0.3) is 5.91 Å². The van der Waals surface area contributed by atoms with Crippen LogP contribution >= 0.6 is 11.6 Å². The number of halogens is 1. The number of rotatable bonds is 4. The molecule has 3 rings (SSSR count). The molecule has 0 saturated carbocycles. The number of ether oxygens (including phenoxy) is 2. The Morgan fingerprint density at radius 1 is 1.21 bits per heavy atom. The third-order valence-electron chi connectivity index (χ3n) is 3.65. The van der Waals surface area contributed by atoms with E-state index in [4.69, 9.17) is 21.1 Å². The van der Waals surface area contributed by atoms with E-state index in [1.54, 1.807) is 19.2 Å². The lowest BCUT2D eigenvalue weighted by Crippen LogP contribution is -2.08. The molecule has 1 aliphatic rings. The molecule has 0 radical (unpaired) electrons. The van der Waals surface area contributed by atoms with Gasteiger partial charge < -0.3 is 14.8 Å². The molecule has 0 atom stereocenters. The van der Waals surface area contributed by atoms with Crippen LogP contribution < -0.4 is 14.8 Å². The molecule has 0 aliphatic carbocycles. The molecule has 2 aromatic carbocycles. The molecule has 1 aliphatic heterocycles. The summed E-state index contributed by atoms with van der Waals surface area (Å²) in [5.41, 5.74) is 2.90. The summed E-state index contributed by atoms with van der Waals surface area (Å²) in [7, 11) is 1.60. The molecule has 124 valence electrons. The Kier molecular flexibility index (Phi) is 4.49. The molecule has 0 spiro atoms. The minimum absolute atomic E-state index is 0.0121. The summed E-state index contributed by atoms with van der Waals surface area (Å²) in [5.74, 6) is 1.09. The summed E-state index contributed by atoms with van der Waals surface area (Å²) in [5, 5.41) is 3.42. The van der Waals surface area contributed by atoms with Gasteiger partial charge in [-0.1, -0.05) is 29.8 Å². The maximum Gasteiger partial charge on any atom is 0.256 e. The van der Waals surface area contributed by atoms with E-state index < -0.39 is 0 Å². The van der Waals surface area contributed by atoms with Crippen molar-refractivity contribution in [3.8, 4) is 11.5 Å². The highest BCUT2D eigenvalue weighted by molar-refractivity contribution is 6.36. The van der Waals surface area contributed by atoms with Gasteiger partial charge in [0.05, 0.1) is 18.9 Å². The first-order valence-corrected chi connectivity index (χ1v) is 8.04. The Morgan fingerprint density at radius 2 is 2.00 bits per heavy atom. The van der Waals surface area contributed by atoms with Crippen LogP contribution in [0.2, 0.25) is 5.02 Å². The molecule has 1 amide bonds. The fourth-order valence-electron chi connectivity index (χ4n) is 2.63. The summed E-state index contributed by atoms with van der Waals surface area (Å²) in [6, 6.07) is 11.0. The number of nitrogens with one attached hydrogen (secondary N) is 1. The molecule has 0 bridgehead atoms. The average Bonchev–Trinajstić information content (AvgIpc) is 2.83. The molecule has 0 fully saturated rings. The van der Waals surface area contributed by atoms with Gasteiger partial charge in [-0.3, -0.25) is 4.79 Å². The lowest BCUT2D eigenvalue weighted by molar-refractivity contribution is -0.110. The van der Waals surface area contributed by atoms with Crippen molar-refractivity contribution < 1.29 is 14.3 Å². The van der Waals surface area contributed by atoms with Crippen LogP contribution in [0.4, 0.5) is 5.69 Å². The van der Waals surface area contributed by atoms with Crippen molar-refractivity contribution in [3.05, 3.63) is 52.5 Å². The van der Waals surface area contributed by atoms with Crippen molar-refractivity contribution in [1.29, 1.82) is 0 Å². The zero-order valence-corrected chi connectivity index (χ0v) is 14.5. The van der Waals surface area contributed by atoms with Crippen LogP contribution in [0.3, 0.4) is 0 Å². The highest BCUT2D eigenvalue weighted by atomic mass is 35.5. The van der Waals surface area contributed by atoms with Crippen LogP contribution in [0.1, 0.15) is 25.0 Å². The van der Waals surface area contributed by atoms with Crippen LogP contribution in [0.5, 0.6) is 11.5 Å². The monoisotopic (exact) mass is 343 g/mol. The van der Waals surface area contributed by atoms with Crippen molar-refractivity contribution in [3.63, 3.8) is 0 Å². The van der Waals surface area contributed by atoms with Gasteiger partial charge in [-0.25, -0.2) is 0 Å². The zero-order chi connectivity index (χ0) is 17.3. The molecule has 0 unspecified atom stereocenters. The zero-order valence-electron chi connectivity index (χ0n) is 13.7. The second kappa shape index (κ2) is 6.57. The molecule has 1 N–H and O–H groups in total. The third kappa shape index (κ3) is 3.10. The van der Waals surface area contributed by atoms with E-state index in [2.05, 4.69) is 5.32 Å². The lowest BCUT2D eigenvalue weighted by Gasteiger charge is -2.16. The molecule has 24 heavy (non-hydrogen) atoms. The van der Waals surface area contributed by atoms with Gasteiger partial charge in [-0.15, -0.1) is 0 Å². The van der Waals surface area contributed by atoms with E-state index >= 15 is 0 Å². The Bertz CT molecular complexity index is 827. The first kappa shape index (κ1) is 16.4. The third-order valence-corrected chi connectivity index (χ3v) is 3.88.